The van der Waals surface area contributed by atoms with E-state index in [4.69, 9.17) is 0 Å². The fraction of sp³-hybridized carbons (Fsp3) is 0.562. The van der Waals surface area contributed by atoms with Gasteiger partial charge in [-0.25, -0.2) is 0 Å². The van der Waals surface area contributed by atoms with Crippen molar-refractivity contribution in [3.05, 3.63) is 35.4 Å². The number of Topliss-reactive ketones (excluding diaryl/α,β-unsaturated/α-hetero) is 1. The Labute approximate surface area is 116 Å². The van der Waals surface area contributed by atoms with Crippen LogP contribution in [0.5, 0.6) is 0 Å². The average molecular weight is 260 g/mol. The predicted octanol–water partition coefficient (Wildman–Crippen LogP) is 2.29. The summed E-state index contributed by atoms with van der Waals surface area (Å²) in [4.78, 5) is 14.6. The highest BCUT2D eigenvalue weighted by Gasteiger charge is 2.21. The van der Waals surface area contributed by atoms with Gasteiger partial charge in [0, 0.05) is 37.7 Å². The third kappa shape index (κ3) is 3.64. The first-order valence-electron chi connectivity index (χ1n) is 7.12. The molecule has 2 rings (SSSR count). The largest absolute Gasteiger partial charge is 0.314 e. The maximum atomic E-state index is 12.3. The van der Waals surface area contributed by atoms with Crippen LogP contribution in [0.1, 0.15) is 42.1 Å². The molecule has 1 atom stereocenters. The van der Waals surface area contributed by atoms with Gasteiger partial charge in [0.1, 0.15) is 0 Å². The van der Waals surface area contributed by atoms with Crippen molar-refractivity contribution in [2.45, 2.75) is 32.2 Å². The molecule has 1 saturated heterocycles. The molecule has 1 fully saturated rings. The highest BCUT2D eigenvalue weighted by atomic mass is 16.1. The number of likely N-dealkylation sites (N-methyl/N-ethyl adjacent to an activating group) is 1. The van der Waals surface area contributed by atoms with Crippen LogP contribution < -0.4 is 5.32 Å². The van der Waals surface area contributed by atoms with Crippen molar-refractivity contribution < 1.29 is 4.79 Å². The molecule has 1 aromatic rings. The fourth-order valence-electron chi connectivity index (χ4n) is 2.48. The van der Waals surface area contributed by atoms with Crippen molar-refractivity contribution in [1.82, 2.24) is 10.2 Å². The van der Waals surface area contributed by atoms with Crippen molar-refractivity contribution in [1.29, 1.82) is 0 Å². The lowest BCUT2D eigenvalue weighted by atomic mass is 9.97. The normalized spacial score (nSPS) is 20.7. The third-order valence-electron chi connectivity index (χ3n) is 3.96. The minimum absolute atomic E-state index is 0.246. The summed E-state index contributed by atoms with van der Waals surface area (Å²) in [6, 6.07) is 8.40. The Bertz CT molecular complexity index is 425. The van der Waals surface area contributed by atoms with E-state index in [0.29, 0.717) is 18.4 Å². The molecule has 0 amide bonds. The minimum atomic E-state index is 0.246. The maximum absolute atomic E-state index is 12.3. The van der Waals surface area contributed by atoms with E-state index in [0.717, 1.165) is 25.2 Å². The lowest BCUT2D eigenvalue weighted by molar-refractivity contribution is 0.0917. The van der Waals surface area contributed by atoms with Gasteiger partial charge < -0.3 is 10.2 Å². The molecular formula is C16H24N2O. The van der Waals surface area contributed by atoms with Crippen LogP contribution in [-0.4, -0.2) is 43.4 Å². The second-order valence-corrected chi connectivity index (χ2v) is 5.74. The lowest BCUT2D eigenvalue weighted by Gasteiger charge is -2.32. The Morgan fingerprint density at radius 1 is 1.37 bits per heavy atom. The van der Waals surface area contributed by atoms with Gasteiger partial charge in [-0.15, -0.1) is 0 Å². The summed E-state index contributed by atoms with van der Waals surface area (Å²) in [5.41, 5.74) is 2.12. The smallest absolute Gasteiger partial charge is 0.164 e. The first-order chi connectivity index (χ1) is 9.08. The zero-order chi connectivity index (χ0) is 13.8. The van der Waals surface area contributed by atoms with Crippen molar-refractivity contribution in [2.75, 3.05) is 26.7 Å². The van der Waals surface area contributed by atoms with Gasteiger partial charge >= 0.3 is 0 Å². The topological polar surface area (TPSA) is 32.3 Å². The number of rotatable bonds is 4. The summed E-state index contributed by atoms with van der Waals surface area (Å²) in [5.74, 6) is 0.758. The van der Waals surface area contributed by atoms with Crippen LogP contribution in [0.2, 0.25) is 0 Å². The van der Waals surface area contributed by atoms with Crippen molar-refractivity contribution >= 4 is 5.78 Å². The minimum Gasteiger partial charge on any atom is -0.314 e. The number of nitrogens with zero attached hydrogens (tertiary/aromatic N) is 1. The Morgan fingerprint density at radius 2 is 2.05 bits per heavy atom. The Morgan fingerprint density at radius 3 is 2.63 bits per heavy atom. The molecule has 1 unspecified atom stereocenters. The molecule has 1 heterocycles. The molecule has 104 valence electrons. The quantitative estimate of drug-likeness (QED) is 0.843. The molecule has 0 aromatic heterocycles. The van der Waals surface area contributed by atoms with E-state index in [1.807, 2.05) is 12.1 Å². The van der Waals surface area contributed by atoms with Crippen LogP contribution in [0.3, 0.4) is 0 Å². The molecular weight excluding hydrogens is 236 g/mol. The number of piperazine rings is 1. The number of hydrogen-bond acceptors (Lipinski definition) is 3. The molecule has 1 N–H and O–H groups in total. The molecule has 0 aliphatic carbocycles. The predicted molar refractivity (Wildman–Crippen MR) is 78.8 cm³/mol. The molecule has 19 heavy (non-hydrogen) atoms. The van der Waals surface area contributed by atoms with Gasteiger partial charge in [0.2, 0.25) is 0 Å². The van der Waals surface area contributed by atoms with Crippen molar-refractivity contribution in [2.24, 2.45) is 0 Å². The summed E-state index contributed by atoms with van der Waals surface area (Å²) in [6.45, 7) is 7.28. The van der Waals surface area contributed by atoms with Crippen LogP contribution in [0.25, 0.3) is 0 Å². The highest BCUT2D eigenvalue weighted by molar-refractivity contribution is 5.96. The monoisotopic (exact) mass is 260 g/mol. The average Bonchev–Trinajstić information content (AvgIpc) is 2.41. The SMILES string of the molecule is CC(C)c1ccc(C(=O)CC2CNCCN2C)cc1. The van der Waals surface area contributed by atoms with Gasteiger partial charge in [0.05, 0.1) is 0 Å². The molecule has 3 heteroatoms. The Kier molecular flexibility index (Phi) is 4.72. The molecule has 0 spiro atoms. The third-order valence-corrected chi connectivity index (χ3v) is 3.96. The van der Waals surface area contributed by atoms with E-state index in [1.54, 1.807) is 0 Å². The summed E-state index contributed by atoms with van der Waals surface area (Å²) < 4.78 is 0. The van der Waals surface area contributed by atoms with Crippen LogP contribution >= 0.6 is 0 Å². The lowest BCUT2D eigenvalue weighted by Crippen LogP contribution is -2.49. The number of ketones is 1. The van der Waals surface area contributed by atoms with Gasteiger partial charge in [-0.05, 0) is 18.5 Å². The van der Waals surface area contributed by atoms with Crippen LogP contribution in [0.15, 0.2) is 24.3 Å². The highest BCUT2D eigenvalue weighted by Crippen LogP contribution is 2.16. The summed E-state index contributed by atoms with van der Waals surface area (Å²) >= 11 is 0. The first-order valence-corrected chi connectivity index (χ1v) is 7.12. The van der Waals surface area contributed by atoms with Crippen LogP contribution in [-0.2, 0) is 0 Å². The van der Waals surface area contributed by atoms with Crippen molar-refractivity contribution in [3.8, 4) is 0 Å². The second kappa shape index (κ2) is 6.31. The van der Waals surface area contributed by atoms with E-state index in [2.05, 4.69) is 43.2 Å². The molecule has 0 bridgehead atoms. The van der Waals surface area contributed by atoms with Crippen LogP contribution in [0, 0.1) is 0 Å². The number of benzene rings is 1. The second-order valence-electron chi connectivity index (χ2n) is 5.74. The van der Waals surface area contributed by atoms with E-state index in [9.17, 15) is 4.79 Å². The summed E-state index contributed by atoms with van der Waals surface area (Å²) in [7, 11) is 2.10. The molecule has 1 aliphatic heterocycles. The van der Waals surface area contributed by atoms with Gasteiger partial charge in [-0.1, -0.05) is 38.1 Å². The number of hydrogen-bond donors (Lipinski definition) is 1. The molecule has 3 nitrogen and oxygen atoms in total. The van der Waals surface area contributed by atoms with E-state index >= 15 is 0 Å². The van der Waals surface area contributed by atoms with Crippen LogP contribution in [0.4, 0.5) is 0 Å². The first kappa shape index (κ1) is 14.2. The number of carbonyl (C=O) groups is 1. The maximum Gasteiger partial charge on any atom is 0.164 e. The molecule has 1 aliphatic rings. The standard InChI is InChI=1S/C16H24N2O/c1-12(2)13-4-6-14(7-5-13)16(19)10-15-11-17-8-9-18(15)3/h4-7,12,15,17H,8-11H2,1-3H3. The zero-order valence-corrected chi connectivity index (χ0v) is 12.1. The number of nitrogens with one attached hydrogen (secondary N) is 1. The summed E-state index contributed by atoms with van der Waals surface area (Å²) in [5, 5.41) is 3.35. The Hall–Kier alpha value is -1.19. The fourth-order valence-corrected chi connectivity index (χ4v) is 2.48. The van der Waals surface area contributed by atoms with Gasteiger partial charge in [-0.2, -0.15) is 0 Å². The molecule has 0 saturated carbocycles. The van der Waals surface area contributed by atoms with E-state index in [-0.39, 0.29) is 5.78 Å². The van der Waals surface area contributed by atoms with Gasteiger partial charge in [0.15, 0.2) is 5.78 Å². The van der Waals surface area contributed by atoms with E-state index < -0.39 is 0 Å². The Balaban J connectivity index is 1.99. The number of carbonyl (C=O) groups excluding carboxylic acids is 1. The van der Waals surface area contributed by atoms with Gasteiger partial charge in [0.25, 0.3) is 0 Å². The van der Waals surface area contributed by atoms with Crippen molar-refractivity contribution in [3.63, 3.8) is 0 Å². The molecule has 0 radical (unpaired) electrons. The molecule has 1 aromatic carbocycles. The zero-order valence-electron chi connectivity index (χ0n) is 12.1. The van der Waals surface area contributed by atoms with E-state index in [1.165, 1.54) is 5.56 Å². The van der Waals surface area contributed by atoms with Gasteiger partial charge in [-0.3, -0.25) is 4.79 Å². The summed E-state index contributed by atoms with van der Waals surface area (Å²) in [6.07, 6.45) is 0.602.